The third-order valence-corrected chi connectivity index (χ3v) is 4.93. The van der Waals surface area contributed by atoms with Crippen LogP contribution in [0.5, 0.6) is 0 Å². The van der Waals surface area contributed by atoms with E-state index in [0.29, 0.717) is 0 Å². The molecule has 2 rings (SSSR count). The van der Waals surface area contributed by atoms with Crippen molar-refractivity contribution in [3.05, 3.63) is 28.2 Å². The zero-order chi connectivity index (χ0) is 18.4. The highest BCUT2D eigenvalue weighted by atomic mass is 32.1. The first kappa shape index (κ1) is 19.0. The number of anilines is 1. The van der Waals surface area contributed by atoms with E-state index < -0.39 is 11.9 Å². The molecule has 0 fully saturated rings. The van der Waals surface area contributed by atoms with Crippen molar-refractivity contribution in [1.82, 2.24) is 5.32 Å². The minimum Gasteiger partial charge on any atom is -0.462 e. The molecular formula is C17H22N2O5S. The molecule has 3 N–H and O–H groups in total. The minimum absolute atomic E-state index is 0.0963. The van der Waals surface area contributed by atoms with Crippen LogP contribution in [0.15, 0.2) is 12.2 Å². The molecule has 0 aliphatic heterocycles. The number of hydrogen-bond donors (Lipinski definition) is 2. The fraction of sp³-hybridized carbons (Fsp3) is 0.471. The van der Waals surface area contributed by atoms with Crippen LogP contribution in [0.3, 0.4) is 0 Å². The van der Waals surface area contributed by atoms with Crippen molar-refractivity contribution in [3.63, 3.8) is 0 Å². The van der Waals surface area contributed by atoms with Gasteiger partial charge in [-0.05, 0) is 25.7 Å². The summed E-state index contributed by atoms with van der Waals surface area (Å²) < 4.78 is 10.3. The molecule has 1 atom stereocenters. The largest absolute Gasteiger partial charge is 0.462 e. The third-order valence-electron chi connectivity index (χ3n) is 3.87. The lowest BCUT2D eigenvalue weighted by atomic mass is 10.1. The quantitative estimate of drug-likeness (QED) is 0.566. The lowest BCUT2D eigenvalue weighted by Gasteiger charge is -2.10. The normalized spacial score (nSPS) is 15.8. The maximum atomic E-state index is 12.2. The second-order valence-electron chi connectivity index (χ2n) is 5.58. The topological polar surface area (TPSA) is 108 Å². The monoisotopic (exact) mass is 366 g/mol. The zero-order valence-electron chi connectivity index (χ0n) is 14.3. The predicted octanol–water partition coefficient (Wildman–Crippen LogP) is 2.27. The number of carbonyl (C=O) groups is 3. The number of nitrogens with two attached hydrogens (primary N) is 1. The summed E-state index contributed by atoms with van der Waals surface area (Å²) in [6.45, 7) is 1.66. The van der Waals surface area contributed by atoms with Gasteiger partial charge in [-0.3, -0.25) is 9.59 Å². The number of carbonyl (C=O) groups excluding carboxylic acids is 3. The molecule has 136 valence electrons. The Bertz CT molecular complexity index is 695. The number of hydrogen-bond acceptors (Lipinski definition) is 7. The number of rotatable bonds is 7. The van der Waals surface area contributed by atoms with Gasteiger partial charge in [-0.1, -0.05) is 12.2 Å². The molecular weight excluding hydrogens is 344 g/mol. The lowest BCUT2D eigenvalue weighted by molar-refractivity contribution is -0.145. The highest BCUT2D eigenvalue weighted by Crippen LogP contribution is 2.33. The van der Waals surface area contributed by atoms with Crippen LogP contribution in [0.2, 0.25) is 0 Å². The van der Waals surface area contributed by atoms with Gasteiger partial charge in [0.2, 0.25) is 0 Å². The molecule has 1 aliphatic carbocycles. The summed E-state index contributed by atoms with van der Waals surface area (Å²) in [5.74, 6) is -1.21. The summed E-state index contributed by atoms with van der Waals surface area (Å²) in [6, 6.07) is 0. The van der Waals surface area contributed by atoms with Crippen LogP contribution in [-0.4, -0.2) is 31.5 Å². The summed E-state index contributed by atoms with van der Waals surface area (Å²) in [5.41, 5.74) is 6.28. The van der Waals surface area contributed by atoms with E-state index in [-0.39, 0.29) is 52.5 Å². The Morgan fingerprint density at radius 3 is 2.72 bits per heavy atom. The highest BCUT2D eigenvalue weighted by Gasteiger charge is 2.27. The molecule has 0 saturated heterocycles. The maximum Gasteiger partial charge on any atom is 0.341 e. The van der Waals surface area contributed by atoms with Gasteiger partial charge in [0.1, 0.15) is 22.0 Å². The van der Waals surface area contributed by atoms with Crippen molar-refractivity contribution in [2.24, 2.45) is 5.92 Å². The minimum atomic E-state index is -0.629. The zero-order valence-corrected chi connectivity index (χ0v) is 15.1. The summed E-state index contributed by atoms with van der Waals surface area (Å²) >= 11 is 0.975. The van der Waals surface area contributed by atoms with E-state index in [2.05, 4.69) is 5.32 Å². The van der Waals surface area contributed by atoms with Crippen LogP contribution in [0.4, 0.5) is 5.00 Å². The van der Waals surface area contributed by atoms with Gasteiger partial charge in [0.15, 0.2) is 0 Å². The molecule has 1 heterocycles. The standard InChI is InChI=1S/C17H22N2O5S/c1-3-23-17(22)13-11(14(16(21)19-2)25-15(13)18)9-24-12(20)8-10-6-4-5-7-10/h4,6,10H,3,5,7-9,18H2,1-2H3,(H,19,21)/t10-/m1/s1. The Hall–Kier alpha value is -2.35. The van der Waals surface area contributed by atoms with E-state index >= 15 is 0 Å². The van der Waals surface area contributed by atoms with Crippen molar-refractivity contribution in [1.29, 1.82) is 0 Å². The number of nitrogens with one attached hydrogen (secondary N) is 1. The fourth-order valence-corrected chi connectivity index (χ4v) is 3.64. The number of amides is 1. The number of allylic oxidation sites excluding steroid dienone is 2. The molecule has 1 aromatic heterocycles. The first-order valence-electron chi connectivity index (χ1n) is 8.10. The highest BCUT2D eigenvalue weighted by molar-refractivity contribution is 7.18. The first-order chi connectivity index (χ1) is 12.0. The Morgan fingerprint density at radius 2 is 2.12 bits per heavy atom. The van der Waals surface area contributed by atoms with Gasteiger partial charge in [-0.2, -0.15) is 0 Å². The van der Waals surface area contributed by atoms with E-state index in [1.165, 1.54) is 7.05 Å². The summed E-state index contributed by atoms with van der Waals surface area (Å²) in [7, 11) is 1.48. The van der Waals surface area contributed by atoms with Gasteiger partial charge in [0.05, 0.1) is 13.0 Å². The van der Waals surface area contributed by atoms with Crippen molar-refractivity contribution in [3.8, 4) is 0 Å². The Labute approximate surface area is 150 Å². The van der Waals surface area contributed by atoms with Gasteiger partial charge in [0, 0.05) is 12.6 Å². The Kier molecular flexibility index (Phi) is 6.58. The summed E-state index contributed by atoms with van der Waals surface area (Å²) in [6.07, 6.45) is 6.22. The van der Waals surface area contributed by atoms with Crippen molar-refractivity contribution >= 4 is 34.2 Å². The number of thiophene rings is 1. The third kappa shape index (κ3) is 4.60. The van der Waals surface area contributed by atoms with Crippen LogP contribution in [-0.2, 0) is 20.9 Å². The molecule has 8 heteroatoms. The van der Waals surface area contributed by atoms with Gasteiger partial charge in [0.25, 0.3) is 5.91 Å². The SMILES string of the molecule is CCOC(=O)c1c(N)sc(C(=O)NC)c1COC(=O)C[C@@H]1C=CCC1. The van der Waals surface area contributed by atoms with Crippen molar-refractivity contribution in [2.75, 3.05) is 19.4 Å². The van der Waals surface area contributed by atoms with Crippen LogP contribution in [0.1, 0.15) is 51.8 Å². The molecule has 1 aromatic rings. The van der Waals surface area contributed by atoms with Crippen LogP contribution in [0, 0.1) is 5.92 Å². The van der Waals surface area contributed by atoms with E-state index in [0.717, 1.165) is 24.2 Å². The molecule has 0 unspecified atom stereocenters. The molecule has 7 nitrogen and oxygen atoms in total. The molecule has 0 aromatic carbocycles. The average molecular weight is 366 g/mol. The van der Waals surface area contributed by atoms with Gasteiger partial charge >= 0.3 is 11.9 Å². The molecule has 0 bridgehead atoms. The van der Waals surface area contributed by atoms with Gasteiger partial charge < -0.3 is 20.5 Å². The van der Waals surface area contributed by atoms with Crippen LogP contribution < -0.4 is 11.1 Å². The molecule has 25 heavy (non-hydrogen) atoms. The fourth-order valence-electron chi connectivity index (χ4n) is 2.64. The first-order valence-corrected chi connectivity index (χ1v) is 8.92. The van der Waals surface area contributed by atoms with E-state index in [9.17, 15) is 14.4 Å². The molecule has 1 aliphatic rings. The van der Waals surface area contributed by atoms with Gasteiger partial charge in [-0.15, -0.1) is 11.3 Å². The number of ether oxygens (including phenoxy) is 2. The lowest BCUT2D eigenvalue weighted by Crippen LogP contribution is -2.20. The van der Waals surface area contributed by atoms with E-state index in [4.69, 9.17) is 15.2 Å². The summed E-state index contributed by atoms with van der Waals surface area (Å²) in [5, 5.41) is 2.66. The number of nitrogen functional groups attached to an aromatic ring is 1. The van der Waals surface area contributed by atoms with Crippen LogP contribution in [0.25, 0.3) is 0 Å². The van der Waals surface area contributed by atoms with Crippen LogP contribution >= 0.6 is 11.3 Å². The molecule has 1 amide bonds. The smallest absolute Gasteiger partial charge is 0.341 e. The number of esters is 2. The maximum absolute atomic E-state index is 12.2. The van der Waals surface area contributed by atoms with E-state index in [1.807, 2.05) is 12.2 Å². The summed E-state index contributed by atoms with van der Waals surface area (Å²) in [4.78, 5) is 36.5. The molecule has 0 saturated carbocycles. The Morgan fingerprint density at radius 1 is 1.36 bits per heavy atom. The average Bonchev–Trinajstić information content (AvgIpc) is 3.19. The second kappa shape index (κ2) is 8.66. The predicted molar refractivity (Wildman–Crippen MR) is 94.4 cm³/mol. The van der Waals surface area contributed by atoms with Crippen molar-refractivity contribution in [2.45, 2.75) is 32.8 Å². The Balaban J connectivity index is 2.17. The second-order valence-corrected chi connectivity index (χ2v) is 6.63. The van der Waals surface area contributed by atoms with Gasteiger partial charge in [-0.25, -0.2) is 4.79 Å². The van der Waals surface area contributed by atoms with E-state index in [1.54, 1.807) is 6.92 Å². The van der Waals surface area contributed by atoms with Crippen molar-refractivity contribution < 1.29 is 23.9 Å². The molecule has 0 spiro atoms. The molecule has 0 radical (unpaired) electrons.